The summed E-state index contributed by atoms with van der Waals surface area (Å²) in [6, 6.07) is 22.1. The summed E-state index contributed by atoms with van der Waals surface area (Å²) >= 11 is 0. The number of nitrogens with zero attached hydrogens (tertiary/aromatic N) is 8. The molecule has 0 atom stereocenters. The van der Waals surface area contributed by atoms with Gasteiger partial charge >= 0.3 is 46.6 Å². The van der Waals surface area contributed by atoms with Crippen molar-refractivity contribution in [1.82, 2.24) is 46.0 Å². The molecule has 4 aromatic carbocycles. The summed E-state index contributed by atoms with van der Waals surface area (Å²) in [5.74, 6) is 0.663. The summed E-state index contributed by atoms with van der Waals surface area (Å²) < 4.78 is 71.9. The molecule has 9 rings (SSSR count). The van der Waals surface area contributed by atoms with E-state index in [1.807, 2.05) is 48.5 Å². The molecular weight excluding hydrogens is 757 g/mol. The second-order valence-electron chi connectivity index (χ2n) is 10.9. The molecule has 2 aliphatic heterocycles. The number of rotatable bonds is 2. The number of aromatic nitrogens is 8. The molecule has 7 aromatic rings. The third kappa shape index (κ3) is 6.04. The van der Waals surface area contributed by atoms with Crippen LogP contribution in [0.1, 0.15) is 0 Å². The minimum Gasteiger partial charge on any atom is -0.744 e. The van der Waals surface area contributed by atoms with Gasteiger partial charge in [0.2, 0.25) is 0 Å². The Kier molecular flexibility index (Phi) is 9.22. The van der Waals surface area contributed by atoms with E-state index in [1.165, 1.54) is 12.1 Å². The Bertz CT molecular complexity index is 2990. The second kappa shape index (κ2) is 12.9. The van der Waals surface area contributed by atoms with Crippen LogP contribution in [-0.2, 0) is 37.3 Å². The van der Waals surface area contributed by atoms with Crippen LogP contribution in [0.5, 0.6) is 0 Å². The zero-order valence-corrected chi connectivity index (χ0v) is 30.8. The molecule has 5 heterocycles. The SMILES string of the molecule is O=S(=O)([O-])c1ccc2c(c1)-c1nc-2nc2[n-]c(nc3nc(nc4[n-]c(n1)c1cc(S(=O)(=O)[O-])ccc41)-c1ccccc1-3)c1ccccc21.[Cu+2].[NH4+].[Na+]. The van der Waals surface area contributed by atoms with E-state index < -0.39 is 30.0 Å². The zero-order valence-electron chi connectivity index (χ0n) is 26.2. The summed E-state index contributed by atoms with van der Waals surface area (Å²) in [5, 5.41) is 1.87. The average molecular weight is 775 g/mol. The molecule has 3 aromatic heterocycles. The first kappa shape index (κ1) is 36.3. The summed E-state index contributed by atoms with van der Waals surface area (Å²) in [4.78, 5) is 36.5. The van der Waals surface area contributed by atoms with E-state index in [4.69, 9.17) is 24.9 Å². The molecule has 15 nitrogen and oxygen atoms in total. The summed E-state index contributed by atoms with van der Waals surface area (Å²) in [5.41, 5.74) is 2.53. The quantitative estimate of drug-likeness (QED) is 0.192. The van der Waals surface area contributed by atoms with Crippen LogP contribution in [0.25, 0.3) is 89.7 Å². The first-order valence-electron chi connectivity index (χ1n) is 14.1. The standard InChI is InChI=1S/C32H16N8O6S2.Cu.H3N.Na/c41-47(42,43)15-9-11-21-23(13-15)31-38-29(21)36-27-19-7-3-1-5-17(19)25(34-27)33-26-18-6-2-4-8-20(18)28(35-26)37-30-22-12-10-16(48(44,45)46)14-24(22)32(39-30)40-31;;;/h1-14H,(H2-2,33,34,35,36,37,38,39,40,41,42,43,44,45,46);;1H3;/q-2;+2;;+1/p-1. The summed E-state index contributed by atoms with van der Waals surface area (Å²) in [7, 11) is -9.73. The van der Waals surface area contributed by atoms with Gasteiger partial charge in [0.25, 0.3) is 0 Å². The molecule has 51 heavy (non-hydrogen) atoms. The monoisotopic (exact) mass is 774 g/mol. The van der Waals surface area contributed by atoms with Crippen molar-refractivity contribution in [2.75, 3.05) is 0 Å². The van der Waals surface area contributed by atoms with E-state index in [1.54, 1.807) is 0 Å². The van der Waals surface area contributed by atoms with E-state index in [9.17, 15) is 25.9 Å². The molecule has 251 valence electrons. The second-order valence-corrected chi connectivity index (χ2v) is 13.7. The van der Waals surface area contributed by atoms with Crippen LogP contribution < -0.4 is 45.7 Å². The first-order valence-corrected chi connectivity index (χ1v) is 16.9. The molecule has 0 unspecified atom stereocenters. The van der Waals surface area contributed by atoms with Gasteiger partial charge in [0.15, 0.2) is 0 Å². The normalized spacial score (nSPS) is 12.0. The number of hydrogen-bond donors (Lipinski definition) is 1. The van der Waals surface area contributed by atoms with Crippen molar-refractivity contribution in [3.63, 3.8) is 0 Å². The van der Waals surface area contributed by atoms with Crippen molar-refractivity contribution in [1.29, 1.82) is 0 Å². The van der Waals surface area contributed by atoms with Crippen molar-refractivity contribution < 1.29 is 72.6 Å². The Hall–Kier alpha value is -4.46. The molecule has 0 saturated carbocycles. The van der Waals surface area contributed by atoms with Crippen molar-refractivity contribution in [2.24, 2.45) is 0 Å². The van der Waals surface area contributed by atoms with Crippen LogP contribution in [0.15, 0.2) is 94.7 Å². The van der Waals surface area contributed by atoms with Crippen molar-refractivity contribution in [2.45, 2.75) is 9.79 Å². The van der Waals surface area contributed by atoms with Gasteiger partial charge in [-0.05, 0) is 45.8 Å². The third-order valence-electron chi connectivity index (χ3n) is 8.04. The Morgan fingerprint density at radius 2 is 0.824 bits per heavy atom. The van der Waals surface area contributed by atoms with Crippen LogP contribution in [-0.4, -0.2) is 55.8 Å². The van der Waals surface area contributed by atoms with E-state index >= 15 is 0 Å². The fourth-order valence-corrected chi connectivity index (χ4v) is 6.82. The molecule has 2 aliphatic rings. The molecule has 1 radical (unpaired) electrons. The molecule has 4 N–H and O–H groups in total. The number of quaternary nitrogens is 1. The molecule has 8 bridgehead atoms. The van der Waals surface area contributed by atoms with Crippen molar-refractivity contribution in [3.8, 4) is 45.6 Å². The van der Waals surface area contributed by atoms with E-state index in [-0.39, 0.29) is 98.1 Å². The van der Waals surface area contributed by atoms with Crippen LogP contribution in [0.3, 0.4) is 0 Å². The third-order valence-corrected chi connectivity index (χ3v) is 9.70. The number of fused-ring (bicyclic) bond motifs is 20. The largest absolute Gasteiger partial charge is 2.00 e. The van der Waals surface area contributed by atoms with Gasteiger partial charge < -0.3 is 45.2 Å². The number of benzene rings is 4. The summed E-state index contributed by atoms with van der Waals surface area (Å²) in [6.07, 6.45) is 0. The smallest absolute Gasteiger partial charge is 0.744 e. The van der Waals surface area contributed by atoms with Crippen molar-refractivity contribution in [3.05, 3.63) is 84.9 Å². The molecular formula is C32H18CuN9NaO6S2. The topological polar surface area (TPSA) is 256 Å². The van der Waals surface area contributed by atoms with Gasteiger partial charge in [-0.15, -0.1) is 0 Å². The minimum absolute atomic E-state index is 0. The van der Waals surface area contributed by atoms with Crippen LogP contribution in [0, 0.1) is 0 Å². The minimum atomic E-state index is -4.87. The van der Waals surface area contributed by atoms with Crippen LogP contribution in [0.2, 0.25) is 0 Å². The molecule has 19 heteroatoms. The van der Waals surface area contributed by atoms with E-state index in [0.29, 0.717) is 44.3 Å². The van der Waals surface area contributed by atoms with Gasteiger partial charge in [-0.3, -0.25) is 0 Å². The Labute approximate surface area is 320 Å². The van der Waals surface area contributed by atoms with Gasteiger partial charge in [0, 0.05) is 44.8 Å². The van der Waals surface area contributed by atoms with Crippen LogP contribution in [0.4, 0.5) is 0 Å². The maximum Gasteiger partial charge on any atom is 2.00 e. The molecule has 0 saturated heterocycles. The Morgan fingerprint density at radius 3 is 1.31 bits per heavy atom. The predicted octanol–water partition coefficient (Wildman–Crippen LogP) is 1.31. The van der Waals surface area contributed by atoms with Gasteiger partial charge in [0.1, 0.15) is 20.2 Å². The van der Waals surface area contributed by atoms with Gasteiger partial charge in [-0.1, -0.05) is 60.7 Å². The molecule has 0 spiro atoms. The molecule has 0 amide bonds. The van der Waals surface area contributed by atoms with Gasteiger partial charge in [-0.25, -0.2) is 26.8 Å². The van der Waals surface area contributed by atoms with Gasteiger partial charge in [-0.2, -0.15) is 0 Å². The maximum atomic E-state index is 12.0. The Balaban J connectivity index is 0.00000149. The predicted molar refractivity (Wildman–Crippen MR) is 176 cm³/mol. The average Bonchev–Trinajstić information content (AvgIpc) is 3.79. The van der Waals surface area contributed by atoms with Gasteiger partial charge in [0.05, 0.1) is 33.1 Å². The van der Waals surface area contributed by atoms with E-state index in [2.05, 4.69) is 15.0 Å². The fourth-order valence-electron chi connectivity index (χ4n) is 5.83. The van der Waals surface area contributed by atoms with E-state index in [0.717, 1.165) is 24.3 Å². The summed E-state index contributed by atoms with van der Waals surface area (Å²) in [6.45, 7) is 0. The fraction of sp³-hybridized carbons (Fsp3) is 0. The van der Waals surface area contributed by atoms with Crippen molar-refractivity contribution >= 4 is 64.4 Å². The first-order chi connectivity index (χ1) is 23.0. The molecule has 0 fully saturated rings. The van der Waals surface area contributed by atoms with Crippen LogP contribution >= 0.6 is 0 Å². The zero-order chi connectivity index (χ0) is 32.9. The number of hydrogen-bond acceptors (Lipinski definition) is 12. The maximum absolute atomic E-state index is 12.0. The molecule has 0 aliphatic carbocycles. The Morgan fingerprint density at radius 1 is 0.451 bits per heavy atom.